The molecule has 0 bridgehead atoms. The third kappa shape index (κ3) is 7.71. The zero-order chi connectivity index (χ0) is 40.7. The first-order chi connectivity index (χ1) is 28.0. The Bertz CT molecular complexity index is 2810. The Balaban J connectivity index is 0.000000165. The average Bonchev–Trinajstić information content (AvgIpc) is 4.12. The maximum absolute atomic E-state index is 12.0. The summed E-state index contributed by atoms with van der Waals surface area (Å²) in [7, 11) is 0. The van der Waals surface area contributed by atoms with Crippen LogP contribution in [-0.4, -0.2) is 59.4 Å². The summed E-state index contributed by atoms with van der Waals surface area (Å²) in [5.41, 5.74) is 6.32. The van der Waals surface area contributed by atoms with Gasteiger partial charge in [0.05, 0.1) is 69.1 Å². The molecule has 0 spiro atoms. The summed E-state index contributed by atoms with van der Waals surface area (Å²) >= 11 is 12.6. The van der Waals surface area contributed by atoms with Gasteiger partial charge in [-0.05, 0) is 82.0 Å². The van der Waals surface area contributed by atoms with E-state index in [9.17, 15) is 14.4 Å². The SMILES string of the molecule is Cc1c(Nc2ccc(C#N)cc2Cl)nc2c(/C=C3\CC(=O)NC3=O)cnn2c1NC1CC1.Cc1c(Nc2ccc(C#N)cc2Cl)nc2c(C=O)cnn2c1NC1CC1. The third-order valence-electron chi connectivity index (χ3n) is 9.71. The Morgan fingerprint density at radius 1 is 0.776 bits per heavy atom. The van der Waals surface area contributed by atoms with Crippen LogP contribution in [0.1, 0.15) is 70.3 Å². The number of hydrogen-bond donors (Lipinski definition) is 5. The van der Waals surface area contributed by atoms with Crippen LogP contribution in [-0.2, 0) is 9.59 Å². The maximum Gasteiger partial charge on any atom is 0.254 e. The fourth-order valence-corrected chi connectivity index (χ4v) is 6.68. The summed E-state index contributed by atoms with van der Waals surface area (Å²) in [6.07, 6.45) is 9.91. The van der Waals surface area contributed by atoms with Crippen LogP contribution in [0.2, 0.25) is 10.0 Å². The zero-order valence-electron chi connectivity index (χ0n) is 31.0. The van der Waals surface area contributed by atoms with Crippen molar-refractivity contribution in [2.45, 2.75) is 58.0 Å². The Hall–Kier alpha value is -7.01. The van der Waals surface area contributed by atoms with Gasteiger partial charge in [-0.2, -0.15) is 29.8 Å². The molecule has 2 aliphatic carbocycles. The van der Waals surface area contributed by atoms with E-state index in [0.717, 1.165) is 54.7 Å². The monoisotopic (exact) mass is 813 g/mol. The van der Waals surface area contributed by atoms with Gasteiger partial charge in [0.1, 0.15) is 23.3 Å². The van der Waals surface area contributed by atoms with E-state index >= 15 is 0 Å². The number of hydrogen-bond acceptors (Lipinski definition) is 13. The molecule has 18 heteroatoms. The lowest BCUT2D eigenvalue weighted by Gasteiger charge is -2.16. The highest BCUT2D eigenvalue weighted by Gasteiger charge is 2.28. The van der Waals surface area contributed by atoms with Crippen molar-refractivity contribution in [3.63, 3.8) is 0 Å². The zero-order valence-corrected chi connectivity index (χ0v) is 32.5. The number of benzene rings is 2. The van der Waals surface area contributed by atoms with Gasteiger partial charge in [-0.3, -0.25) is 19.7 Å². The number of rotatable bonds is 10. The van der Waals surface area contributed by atoms with Gasteiger partial charge >= 0.3 is 0 Å². The topological polar surface area (TPSA) is 219 Å². The molecular weight excluding hydrogens is 781 g/mol. The second-order valence-electron chi connectivity index (χ2n) is 14.1. The van der Waals surface area contributed by atoms with Crippen LogP contribution in [0.5, 0.6) is 0 Å². The smallest absolute Gasteiger partial charge is 0.254 e. The number of imide groups is 1. The lowest BCUT2D eigenvalue weighted by atomic mass is 10.1. The summed E-state index contributed by atoms with van der Waals surface area (Å²) in [6, 6.07) is 14.9. The fourth-order valence-electron chi connectivity index (χ4n) is 6.23. The number of halogens is 2. The van der Waals surface area contributed by atoms with Gasteiger partial charge in [0, 0.05) is 34.3 Å². The molecule has 9 rings (SSSR count). The molecule has 2 amide bonds. The molecule has 16 nitrogen and oxygen atoms in total. The first-order valence-electron chi connectivity index (χ1n) is 18.3. The van der Waals surface area contributed by atoms with Crippen molar-refractivity contribution in [1.29, 1.82) is 10.5 Å². The molecule has 5 N–H and O–H groups in total. The second-order valence-corrected chi connectivity index (χ2v) is 14.9. The molecule has 3 aliphatic rings. The number of aldehydes is 1. The number of nitrogens with zero attached hydrogens (tertiary/aromatic N) is 8. The van der Waals surface area contributed by atoms with E-state index < -0.39 is 5.91 Å². The summed E-state index contributed by atoms with van der Waals surface area (Å²) < 4.78 is 3.36. The molecule has 0 atom stereocenters. The quantitative estimate of drug-likeness (QED) is 0.0535. The predicted octanol–water partition coefficient (Wildman–Crippen LogP) is 7.00. The molecule has 58 heavy (non-hydrogen) atoms. The van der Waals surface area contributed by atoms with Gasteiger partial charge in [0.25, 0.3) is 5.91 Å². The van der Waals surface area contributed by atoms with Crippen molar-refractivity contribution in [2.24, 2.45) is 0 Å². The van der Waals surface area contributed by atoms with E-state index in [2.05, 4.69) is 53.9 Å². The maximum atomic E-state index is 12.0. The van der Waals surface area contributed by atoms with E-state index in [4.69, 9.17) is 38.7 Å². The van der Waals surface area contributed by atoms with E-state index in [1.54, 1.807) is 57.7 Å². The number of anilines is 6. The molecule has 0 radical (unpaired) electrons. The van der Waals surface area contributed by atoms with Crippen LogP contribution in [0, 0.1) is 36.5 Å². The molecule has 4 aromatic heterocycles. The van der Waals surface area contributed by atoms with Gasteiger partial charge < -0.3 is 21.3 Å². The van der Waals surface area contributed by atoms with Gasteiger partial charge in [0.15, 0.2) is 17.6 Å². The largest absolute Gasteiger partial charge is 0.367 e. The van der Waals surface area contributed by atoms with Crippen molar-refractivity contribution < 1.29 is 14.4 Å². The second kappa shape index (κ2) is 15.5. The molecule has 1 saturated heterocycles. The molecule has 1 aliphatic heterocycles. The van der Waals surface area contributed by atoms with E-state index in [-0.39, 0.29) is 12.3 Å². The third-order valence-corrected chi connectivity index (χ3v) is 10.3. The summed E-state index contributed by atoms with van der Waals surface area (Å²) in [5.74, 6) is 2.02. The molecular formula is C40H33Cl2N13O3. The molecule has 290 valence electrons. The molecule has 0 unspecified atom stereocenters. The molecule has 3 fully saturated rings. The molecule has 6 aromatic rings. The lowest BCUT2D eigenvalue weighted by molar-refractivity contribution is -0.124. The number of fused-ring (bicyclic) bond motifs is 2. The van der Waals surface area contributed by atoms with E-state index in [1.165, 1.54) is 6.20 Å². The Labute approximate surface area is 340 Å². The van der Waals surface area contributed by atoms with Crippen LogP contribution in [0.15, 0.2) is 54.4 Å². The standard InChI is InChI=1S/C22H18ClN7O2.C18H15ClN6O/c1-11-19(27-17-5-2-12(9-24)6-16(17)23)29-21-14(7-13-8-18(31)28-22(13)32)10-25-30(21)20(11)26-15-3-4-15;1-10-16(23-15-5-2-11(7-20)6-14(15)19)24-18-12(9-26)8-21-25(18)17(10)22-13-3-4-13/h2,5-7,10,15,26H,3-4,8H2,1H3,(H,27,29)(H,28,31,32);2,5-6,8-9,13,22H,3-4H2,1H3,(H,23,24)/b13-7+;. The van der Waals surface area contributed by atoms with Crippen molar-refractivity contribution in [3.8, 4) is 12.1 Å². The number of carbonyl (C=O) groups excluding carboxylic acids is 3. The normalized spacial score (nSPS) is 15.4. The van der Waals surface area contributed by atoms with Gasteiger partial charge in [0.2, 0.25) is 5.91 Å². The average molecular weight is 815 g/mol. The Kier molecular flexibility index (Phi) is 10.1. The van der Waals surface area contributed by atoms with Crippen LogP contribution in [0.25, 0.3) is 17.4 Å². The number of carbonyl (C=O) groups is 3. The van der Waals surface area contributed by atoms with Crippen LogP contribution < -0.4 is 26.6 Å². The van der Waals surface area contributed by atoms with Gasteiger partial charge in [-0.1, -0.05) is 23.2 Å². The molecule has 5 heterocycles. The summed E-state index contributed by atoms with van der Waals surface area (Å²) in [6.45, 7) is 3.86. The van der Waals surface area contributed by atoms with Crippen LogP contribution in [0.4, 0.5) is 34.6 Å². The number of nitrogens with one attached hydrogen (secondary N) is 5. The van der Waals surface area contributed by atoms with Gasteiger partial charge in [-0.25, -0.2) is 9.97 Å². The van der Waals surface area contributed by atoms with Crippen molar-refractivity contribution in [2.75, 3.05) is 21.3 Å². The summed E-state index contributed by atoms with van der Waals surface area (Å²) in [5, 5.41) is 43.3. The lowest BCUT2D eigenvalue weighted by Crippen LogP contribution is -2.19. The Morgan fingerprint density at radius 2 is 1.26 bits per heavy atom. The minimum Gasteiger partial charge on any atom is -0.367 e. The highest BCUT2D eigenvalue weighted by atomic mass is 35.5. The van der Waals surface area contributed by atoms with E-state index in [0.29, 0.717) is 84.3 Å². The highest BCUT2D eigenvalue weighted by Crippen LogP contribution is 2.35. The van der Waals surface area contributed by atoms with Crippen LogP contribution in [0.3, 0.4) is 0 Å². The first kappa shape index (κ1) is 37.9. The minimum absolute atomic E-state index is 0.0289. The van der Waals surface area contributed by atoms with E-state index in [1.807, 2.05) is 13.8 Å². The predicted molar refractivity (Wildman–Crippen MR) is 219 cm³/mol. The van der Waals surface area contributed by atoms with Crippen molar-refractivity contribution in [1.82, 2.24) is 34.5 Å². The van der Waals surface area contributed by atoms with Crippen LogP contribution >= 0.6 is 23.2 Å². The first-order valence-corrected chi connectivity index (χ1v) is 19.0. The van der Waals surface area contributed by atoms with Crippen molar-refractivity contribution >= 4 is 93.3 Å². The minimum atomic E-state index is -0.402. The molecule has 2 saturated carbocycles. The summed E-state index contributed by atoms with van der Waals surface area (Å²) in [4.78, 5) is 44.2. The Morgan fingerprint density at radius 3 is 1.67 bits per heavy atom. The highest BCUT2D eigenvalue weighted by molar-refractivity contribution is 6.33. The number of amides is 2. The molecule has 2 aromatic carbocycles. The fraction of sp³-hybridized carbons (Fsp3) is 0.225. The number of nitriles is 2. The van der Waals surface area contributed by atoms with Gasteiger partial charge in [-0.15, -0.1) is 0 Å². The number of aromatic nitrogens is 6. The van der Waals surface area contributed by atoms with Crippen molar-refractivity contribution in [3.05, 3.63) is 97.8 Å².